The van der Waals surface area contributed by atoms with Crippen molar-refractivity contribution in [3.05, 3.63) is 29.3 Å². The molecule has 1 heterocycles. The second kappa shape index (κ2) is 5.54. The highest BCUT2D eigenvalue weighted by Crippen LogP contribution is 2.31. The standard InChI is InChI=1S/C16H21NO3/c1-10-8-20-9-15(17-10)13-6-4-11-3-5-12(19-2)7-14(11)16(13)18/h3,5,7,10,13,15,17H,4,6,8-9H2,1-2H3. The molecule has 3 atom stereocenters. The van der Waals surface area contributed by atoms with Gasteiger partial charge in [0.25, 0.3) is 0 Å². The van der Waals surface area contributed by atoms with Gasteiger partial charge in [0, 0.05) is 23.6 Å². The summed E-state index contributed by atoms with van der Waals surface area (Å²) in [6, 6.07) is 6.25. The van der Waals surface area contributed by atoms with E-state index in [0.29, 0.717) is 12.6 Å². The van der Waals surface area contributed by atoms with E-state index in [0.717, 1.165) is 36.3 Å². The van der Waals surface area contributed by atoms with Crippen LogP contribution >= 0.6 is 0 Å². The smallest absolute Gasteiger partial charge is 0.168 e. The number of hydrogen-bond acceptors (Lipinski definition) is 4. The molecule has 1 aliphatic heterocycles. The fraction of sp³-hybridized carbons (Fsp3) is 0.562. The van der Waals surface area contributed by atoms with Crippen molar-refractivity contribution in [3.63, 3.8) is 0 Å². The number of carbonyl (C=O) groups excluding carboxylic acids is 1. The molecule has 20 heavy (non-hydrogen) atoms. The minimum Gasteiger partial charge on any atom is -0.497 e. The van der Waals surface area contributed by atoms with Gasteiger partial charge in [-0.3, -0.25) is 4.79 Å². The zero-order chi connectivity index (χ0) is 14.1. The Balaban J connectivity index is 1.84. The molecule has 0 bridgehead atoms. The number of rotatable bonds is 2. The Hall–Kier alpha value is -1.39. The van der Waals surface area contributed by atoms with Gasteiger partial charge in [0.2, 0.25) is 0 Å². The number of Topliss-reactive ketones (excluding diaryl/α,β-unsaturated/α-hetero) is 1. The van der Waals surface area contributed by atoms with Crippen molar-refractivity contribution in [3.8, 4) is 5.75 Å². The van der Waals surface area contributed by atoms with Gasteiger partial charge >= 0.3 is 0 Å². The number of ether oxygens (including phenoxy) is 2. The number of methoxy groups -OCH3 is 1. The SMILES string of the molecule is COc1ccc2c(c1)C(=O)C(C1COCC(C)N1)CC2. The zero-order valence-corrected chi connectivity index (χ0v) is 12.0. The number of ketones is 1. The number of nitrogens with one attached hydrogen (secondary N) is 1. The molecule has 2 aliphatic rings. The number of aryl methyl sites for hydroxylation is 1. The molecule has 1 aliphatic carbocycles. The average molecular weight is 275 g/mol. The van der Waals surface area contributed by atoms with Crippen molar-refractivity contribution in [1.29, 1.82) is 0 Å². The quantitative estimate of drug-likeness (QED) is 0.894. The number of benzene rings is 1. The van der Waals surface area contributed by atoms with Gasteiger partial charge < -0.3 is 14.8 Å². The van der Waals surface area contributed by atoms with Gasteiger partial charge in [0.15, 0.2) is 5.78 Å². The molecular weight excluding hydrogens is 254 g/mol. The third-order valence-corrected chi connectivity index (χ3v) is 4.29. The summed E-state index contributed by atoms with van der Waals surface area (Å²) in [7, 11) is 1.63. The van der Waals surface area contributed by atoms with Crippen LogP contribution in [0.5, 0.6) is 5.75 Å². The summed E-state index contributed by atoms with van der Waals surface area (Å²) >= 11 is 0. The predicted octanol–water partition coefficient (Wildman–Crippen LogP) is 1.82. The first kappa shape index (κ1) is 13.6. The van der Waals surface area contributed by atoms with Crippen molar-refractivity contribution >= 4 is 5.78 Å². The molecule has 0 saturated carbocycles. The topological polar surface area (TPSA) is 47.6 Å². The van der Waals surface area contributed by atoms with Crippen LogP contribution in [0, 0.1) is 5.92 Å². The Morgan fingerprint density at radius 3 is 2.95 bits per heavy atom. The van der Waals surface area contributed by atoms with E-state index < -0.39 is 0 Å². The molecule has 1 N–H and O–H groups in total. The molecule has 0 aromatic heterocycles. The van der Waals surface area contributed by atoms with Crippen LogP contribution in [0.1, 0.15) is 29.3 Å². The monoisotopic (exact) mass is 275 g/mol. The van der Waals surface area contributed by atoms with Gasteiger partial charge in [-0.05, 0) is 37.5 Å². The van der Waals surface area contributed by atoms with E-state index in [1.165, 1.54) is 0 Å². The highest BCUT2D eigenvalue weighted by molar-refractivity contribution is 6.01. The summed E-state index contributed by atoms with van der Waals surface area (Å²) in [5.41, 5.74) is 1.96. The third kappa shape index (κ3) is 2.45. The molecular formula is C16H21NO3. The molecule has 1 fully saturated rings. The fourth-order valence-electron chi connectivity index (χ4n) is 3.22. The van der Waals surface area contributed by atoms with Crippen LogP contribution in [0.4, 0.5) is 0 Å². The molecule has 4 nitrogen and oxygen atoms in total. The maximum Gasteiger partial charge on any atom is 0.168 e. The van der Waals surface area contributed by atoms with Crippen LogP contribution in [-0.2, 0) is 11.2 Å². The Kier molecular flexibility index (Phi) is 3.76. The van der Waals surface area contributed by atoms with Gasteiger partial charge in [-0.2, -0.15) is 0 Å². The molecule has 0 spiro atoms. The third-order valence-electron chi connectivity index (χ3n) is 4.29. The lowest BCUT2D eigenvalue weighted by Crippen LogP contribution is -2.53. The van der Waals surface area contributed by atoms with E-state index >= 15 is 0 Å². The number of morpholine rings is 1. The van der Waals surface area contributed by atoms with Crippen LogP contribution in [0.15, 0.2) is 18.2 Å². The summed E-state index contributed by atoms with van der Waals surface area (Å²) < 4.78 is 10.8. The molecule has 3 unspecified atom stereocenters. The fourth-order valence-corrected chi connectivity index (χ4v) is 3.22. The Morgan fingerprint density at radius 1 is 1.35 bits per heavy atom. The minimum atomic E-state index is 0.0114. The van der Waals surface area contributed by atoms with Crippen molar-refractivity contribution < 1.29 is 14.3 Å². The summed E-state index contributed by atoms with van der Waals surface area (Å²) in [4.78, 5) is 12.7. The molecule has 3 rings (SSSR count). The summed E-state index contributed by atoms with van der Waals surface area (Å²) in [6.45, 7) is 3.44. The van der Waals surface area contributed by atoms with Gasteiger partial charge in [-0.15, -0.1) is 0 Å². The summed E-state index contributed by atoms with van der Waals surface area (Å²) in [5.74, 6) is 0.983. The van der Waals surface area contributed by atoms with E-state index in [-0.39, 0.29) is 17.7 Å². The van der Waals surface area contributed by atoms with Gasteiger partial charge in [-0.25, -0.2) is 0 Å². The van der Waals surface area contributed by atoms with Crippen LogP contribution in [0.2, 0.25) is 0 Å². The Bertz CT molecular complexity index is 514. The van der Waals surface area contributed by atoms with Crippen molar-refractivity contribution in [2.24, 2.45) is 5.92 Å². The summed E-state index contributed by atoms with van der Waals surface area (Å²) in [6.07, 6.45) is 1.84. The largest absolute Gasteiger partial charge is 0.497 e. The van der Waals surface area contributed by atoms with Crippen molar-refractivity contribution in [2.45, 2.75) is 31.8 Å². The van der Waals surface area contributed by atoms with Crippen molar-refractivity contribution in [1.82, 2.24) is 5.32 Å². The molecule has 1 saturated heterocycles. The van der Waals surface area contributed by atoms with Gasteiger partial charge in [0.05, 0.1) is 20.3 Å². The maximum atomic E-state index is 12.7. The van der Waals surface area contributed by atoms with Crippen LogP contribution in [0.25, 0.3) is 0 Å². The summed E-state index contributed by atoms with van der Waals surface area (Å²) in [5, 5.41) is 3.50. The molecule has 0 radical (unpaired) electrons. The lowest BCUT2D eigenvalue weighted by Gasteiger charge is -2.36. The lowest BCUT2D eigenvalue weighted by atomic mass is 9.78. The van der Waals surface area contributed by atoms with Crippen molar-refractivity contribution in [2.75, 3.05) is 20.3 Å². The van der Waals surface area contributed by atoms with E-state index in [1.54, 1.807) is 7.11 Å². The van der Waals surface area contributed by atoms with E-state index in [1.807, 2.05) is 18.2 Å². The molecule has 108 valence electrons. The normalized spacial score (nSPS) is 29.9. The average Bonchev–Trinajstić information content (AvgIpc) is 2.47. The van der Waals surface area contributed by atoms with E-state index in [2.05, 4.69) is 12.2 Å². The second-order valence-electron chi connectivity index (χ2n) is 5.74. The molecule has 4 heteroatoms. The molecule has 1 aromatic rings. The van der Waals surface area contributed by atoms with Crippen LogP contribution in [0.3, 0.4) is 0 Å². The first-order valence-corrected chi connectivity index (χ1v) is 7.24. The van der Waals surface area contributed by atoms with E-state index in [4.69, 9.17) is 9.47 Å². The molecule has 1 aromatic carbocycles. The maximum absolute atomic E-state index is 12.7. The van der Waals surface area contributed by atoms with Gasteiger partial charge in [0.1, 0.15) is 5.75 Å². The molecule has 0 amide bonds. The lowest BCUT2D eigenvalue weighted by molar-refractivity contribution is 0.0286. The number of fused-ring (bicyclic) bond motifs is 1. The number of hydrogen-bond donors (Lipinski definition) is 1. The van der Waals surface area contributed by atoms with Gasteiger partial charge in [-0.1, -0.05) is 6.07 Å². The Morgan fingerprint density at radius 2 is 2.20 bits per heavy atom. The first-order valence-electron chi connectivity index (χ1n) is 7.24. The highest BCUT2D eigenvalue weighted by Gasteiger charge is 2.35. The van der Waals surface area contributed by atoms with Crippen LogP contribution in [-0.4, -0.2) is 38.2 Å². The number of carbonyl (C=O) groups is 1. The van der Waals surface area contributed by atoms with Crippen LogP contribution < -0.4 is 10.1 Å². The minimum absolute atomic E-state index is 0.0114. The predicted molar refractivity (Wildman–Crippen MR) is 76.3 cm³/mol. The Labute approximate surface area is 119 Å². The highest BCUT2D eigenvalue weighted by atomic mass is 16.5. The van der Waals surface area contributed by atoms with E-state index in [9.17, 15) is 4.79 Å². The zero-order valence-electron chi connectivity index (χ0n) is 12.0. The first-order chi connectivity index (χ1) is 9.69. The second-order valence-corrected chi connectivity index (χ2v) is 5.74.